The molecule has 0 radical (unpaired) electrons. The zero-order valence-electron chi connectivity index (χ0n) is 10.5. The third-order valence-corrected chi connectivity index (χ3v) is 2.72. The van der Waals surface area contributed by atoms with E-state index in [9.17, 15) is 4.79 Å². The van der Waals surface area contributed by atoms with Crippen LogP contribution < -0.4 is 5.32 Å². The lowest BCUT2D eigenvalue weighted by Crippen LogP contribution is -2.12. The van der Waals surface area contributed by atoms with Crippen molar-refractivity contribution in [1.29, 1.82) is 0 Å². The van der Waals surface area contributed by atoms with Gasteiger partial charge in [0.05, 0.1) is 5.69 Å². The predicted molar refractivity (Wildman–Crippen MR) is 73.5 cm³/mol. The second-order valence-corrected chi connectivity index (χ2v) is 4.06. The molecule has 0 aliphatic rings. The summed E-state index contributed by atoms with van der Waals surface area (Å²) in [4.78, 5) is 20.0. The summed E-state index contributed by atoms with van der Waals surface area (Å²) in [6.45, 7) is 0. The molecule has 6 nitrogen and oxygen atoms in total. The molecule has 0 fully saturated rings. The van der Waals surface area contributed by atoms with Crippen molar-refractivity contribution in [3.63, 3.8) is 0 Å². The molecule has 20 heavy (non-hydrogen) atoms. The molecule has 0 atom stereocenters. The maximum atomic E-state index is 12.0. The molecule has 0 saturated heterocycles. The minimum atomic E-state index is -0.200. The smallest absolute Gasteiger partial charge is 0.256 e. The number of benzene rings is 1. The van der Waals surface area contributed by atoms with Gasteiger partial charge in [-0.1, -0.05) is 6.07 Å². The summed E-state index contributed by atoms with van der Waals surface area (Å²) in [7, 11) is 0. The highest BCUT2D eigenvalue weighted by Gasteiger charge is 2.06. The maximum Gasteiger partial charge on any atom is 0.256 e. The Balaban J connectivity index is 1.76. The summed E-state index contributed by atoms with van der Waals surface area (Å²) in [6.07, 6.45) is 4.69. The van der Waals surface area contributed by atoms with E-state index in [0.29, 0.717) is 11.4 Å². The molecule has 3 rings (SSSR count). The topological polar surface area (TPSA) is 72.7 Å². The summed E-state index contributed by atoms with van der Waals surface area (Å²) in [6, 6.07) is 12.4. The molecule has 6 heteroatoms. The van der Waals surface area contributed by atoms with E-state index in [1.165, 1.54) is 6.33 Å². The fraction of sp³-hybridized carbons (Fsp3) is 0. The van der Waals surface area contributed by atoms with E-state index >= 15 is 0 Å². The highest BCUT2D eigenvalue weighted by atomic mass is 16.1. The van der Waals surface area contributed by atoms with Crippen molar-refractivity contribution < 1.29 is 4.79 Å². The number of nitrogens with zero attached hydrogens (tertiary/aromatic N) is 4. The number of hydrogen-bond donors (Lipinski definition) is 1. The van der Waals surface area contributed by atoms with Crippen LogP contribution >= 0.6 is 0 Å². The molecule has 1 amide bonds. The summed E-state index contributed by atoms with van der Waals surface area (Å²) >= 11 is 0. The van der Waals surface area contributed by atoms with Crippen LogP contribution in [-0.2, 0) is 0 Å². The number of amides is 1. The standard InChI is InChI=1S/C14H11N5O/c20-14(18-13-3-1-2-8-16-13)11-4-6-12(7-5-11)19-10-15-9-17-19/h1-10H,(H,16,18,20). The van der Waals surface area contributed by atoms with Crippen molar-refractivity contribution in [2.45, 2.75) is 0 Å². The minimum Gasteiger partial charge on any atom is -0.307 e. The number of hydrogen-bond acceptors (Lipinski definition) is 4. The molecule has 0 spiro atoms. The highest BCUT2D eigenvalue weighted by molar-refractivity contribution is 6.03. The molecule has 0 unspecified atom stereocenters. The van der Waals surface area contributed by atoms with Crippen LogP contribution in [0.25, 0.3) is 5.69 Å². The number of nitrogens with one attached hydrogen (secondary N) is 1. The first-order valence-corrected chi connectivity index (χ1v) is 6.00. The van der Waals surface area contributed by atoms with E-state index in [4.69, 9.17) is 0 Å². The number of anilines is 1. The third kappa shape index (κ3) is 2.54. The maximum absolute atomic E-state index is 12.0. The fourth-order valence-corrected chi connectivity index (χ4v) is 1.73. The molecule has 2 aromatic heterocycles. The van der Waals surface area contributed by atoms with E-state index in [1.54, 1.807) is 41.5 Å². The van der Waals surface area contributed by atoms with E-state index in [-0.39, 0.29) is 5.91 Å². The lowest BCUT2D eigenvalue weighted by atomic mass is 10.2. The van der Waals surface area contributed by atoms with Crippen LogP contribution in [0.3, 0.4) is 0 Å². The van der Waals surface area contributed by atoms with Crippen LogP contribution in [0.15, 0.2) is 61.3 Å². The summed E-state index contributed by atoms with van der Waals surface area (Å²) in [5.41, 5.74) is 1.40. The quantitative estimate of drug-likeness (QED) is 0.785. The van der Waals surface area contributed by atoms with Crippen molar-refractivity contribution in [2.75, 3.05) is 5.32 Å². The molecule has 0 aliphatic carbocycles. The van der Waals surface area contributed by atoms with Gasteiger partial charge in [-0.3, -0.25) is 4.79 Å². The van der Waals surface area contributed by atoms with Crippen molar-refractivity contribution in [2.24, 2.45) is 0 Å². The minimum absolute atomic E-state index is 0.200. The Morgan fingerprint density at radius 2 is 1.95 bits per heavy atom. The van der Waals surface area contributed by atoms with Gasteiger partial charge in [-0.2, -0.15) is 5.10 Å². The first-order valence-electron chi connectivity index (χ1n) is 6.00. The second-order valence-electron chi connectivity index (χ2n) is 4.06. The van der Waals surface area contributed by atoms with Gasteiger partial charge in [0.2, 0.25) is 0 Å². The monoisotopic (exact) mass is 265 g/mol. The van der Waals surface area contributed by atoms with Gasteiger partial charge in [0.25, 0.3) is 5.91 Å². The van der Waals surface area contributed by atoms with Gasteiger partial charge in [-0.25, -0.2) is 14.6 Å². The van der Waals surface area contributed by atoms with Gasteiger partial charge in [-0.05, 0) is 36.4 Å². The normalized spacial score (nSPS) is 10.2. The SMILES string of the molecule is O=C(Nc1ccccn1)c1ccc(-n2cncn2)cc1. The number of carbonyl (C=O) groups excluding carboxylic acids is 1. The number of pyridine rings is 1. The van der Waals surface area contributed by atoms with Gasteiger partial charge in [0, 0.05) is 11.8 Å². The first-order chi connectivity index (χ1) is 9.83. The Labute approximate surface area is 115 Å². The summed E-state index contributed by atoms with van der Waals surface area (Å²) in [5.74, 6) is 0.326. The van der Waals surface area contributed by atoms with Crippen molar-refractivity contribution >= 4 is 11.7 Å². The van der Waals surface area contributed by atoms with Gasteiger partial charge in [0.15, 0.2) is 0 Å². The second kappa shape index (κ2) is 5.31. The van der Waals surface area contributed by atoms with Gasteiger partial charge in [0.1, 0.15) is 18.5 Å². The van der Waals surface area contributed by atoms with Crippen LogP contribution in [0.4, 0.5) is 5.82 Å². The number of rotatable bonds is 3. The van der Waals surface area contributed by atoms with Gasteiger partial charge < -0.3 is 5.32 Å². The molecule has 0 aliphatic heterocycles. The summed E-state index contributed by atoms with van der Waals surface area (Å²) in [5, 5.41) is 6.75. The zero-order chi connectivity index (χ0) is 13.8. The Bertz CT molecular complexity index is 692. The van der Waals surface area contributed by atoms with E-state index < -0.39 is 0 Å². The Morgan fingerprint density at radius 1 is 1.10 bits per heavy atom. The lowest BCUT2D eigenvalue weighted by Gasteiger charge is -2.05. The predicted octanol–water partition coefficient (Wildman–Crippen LogP) is 1.91. The average molecular weight is 265 g/mol. The number of aromatic nitrogens is 4. The van der Waals surface area contributed by atoms with Gasteiger partial charge >= 0.3 is 0 Å². The van der Waals surface area contributed by atoms with Crippen molar-refractivity contribution in [3.05, 3.63) is 66.9 Å². The van der Waals surface area contributed by atoms with Crippen LogP contribution in [-0.4, -0.2) is 25.7 Å². The molecular formula is C14H11N5O. The molecule has 98 valence electrons. The van der Waals surface area contributed by atoms with Crippen molar-refractivity contribution in [3.8, 4) is 5.69 Å². The molecule has 0 saturated carbocycles. The van der Waals surface area contributed by atoms with E-state index in [1.807, 2.05) is 18.2 Å². The van der Waals surface area contributed by atoms with Crippen LogP contribution in [0, 0.1) is 0 Å². The Morgan fingerprint density at radius 3 is 2.60 bits per heavy atom. The largest absolute Gasteiger partial charge is 0.307 e. The third-order valence-electron chi connectivity index (χ3n) is 2.72. The van der Waals surface area contributed by atoms with E-state index in [0.717, 1.165) is 5.69 Å². The molecule has 2 heterocycles. The molecule has 3 aromatic rings. The average Bonchev–Trinajstić information content (AvgIpc) is 3.03. The fourth-order valence-electron chi connectivity index (χ4n) is 1.73. The molecular weight excluding hydrogens is 254 g/mol. The van der Waals surface area contributed by atoms with Crippen LogP contribution in [0.2, 0.25) is 0 Å². The Hall–Kier alpha value is -3.02. The van der Waals surface area contributed by atoms with E-state index in [2.05, 4.69) is 20.4 Å². The first kappa shape index (κ1) is 12.0. The zero-order valence-corrected chi connectivity index (χ0v) is 10.5. The van der Waals surface area contributed by atoms with Crippen LogP contribution in [0.5, 0.6) is 0 Å². The number of carbonyl (C=O) groups is 1. The van der Waals surface area contributed by atoms with Crippen LogP contribution in [0.1, 0.15) is 10.4 Å². The van der Waals surface area contributed by atoms with Gasteiger partial charge in [-0.15, -0.1) is 0 Å². The lowest BCUT2D eigenvalue weighted by molar-refractivity contribution is 0.102. The molecule has 1 aromatic carbocycles. The van der Waals surface area contributed by atoms with Crippen molar-refractivity contribution in [1.82, 2.24) is 19.7 Å². The highest BCUT2D eigenvalue weighted by Crippen LogP contribution is 2.10. The molecule has 0 bridgehead atoms. The summed E-state index contributed by atoms with van der Waals surface area (Å²) < 4.78 is 1.63. The molecule has 1 N–H and O–H groups in total. The Kier molecular flexibility index (Phi) is 3.20.